The summed E-state index contributed by atoms with van der Waals surface area (Å²) >= 11 is 7.29. The first-order chi connectivity index (χ1) is 6.74. The van der Waals surface area contributed by atoms with Gasteiger partial charge in [0.15, 0.2) is 0 Å². The molecular formula is C9H8ClN3S. The Morgan fingerprint density at radius 2 is 2.21 bits per heavy atom. The fraction of sp³-hybridized carbons (Fsp3) is 0.111. The maximum Gasteiger partial charge on any atom is 0.101 e. The molecule has 14 heavy (non-hydrogen) atoms. The molecule has 0 bridgehead atoms. The summed E-state index contributed by atoms with van der Waals surface area (Å²) in [6.07, 6.45) is 5.39. The standard InChI is InChI=1S/C9H8ClN3S/c1-13-6-8(5-12-13)14-9-3-2-7(10)4-11-9/h2-6H,1H3. The first kappa shape index (κ1) is 9.55. The molecule has 3 nitrogen and oxygen atoms in total. The Morgan fingerprint density at radius 1 is 1.36 bits per heavy atom. The highest BCUT2D eigenvalue weighted by atomic mass is 35.5. The van der Waals surface area contributed by atoms with E-state index < -0.39 is 0 Å². The van der Waals surface area contributed by atoms with Crippen molar-refractivity contribution in [2.24, 2.45) is 7.05 Å². The number of nitrogens with zero attached hydrogens (tertiary/aromatic N) is 3. The van der Waals surface area contributed by atoms with Gasteiger partial charge in [0.05, 0.1) is 16.1 Å². The maximum atomic E-state index is 5.73. The van der Waals surface area contributed by atoms with Crippen molar-refractivity contribution in [2.75, 3.05) is 0 Å². The van der Waals surface area contributed by atoms with Crippen LogP contribution in [0, 0.1) is 0 Å². The Kier molecular flexibility index (Phi) is 2.74. The molecular weight excluding hydrogens is 218 g/mol. The van der Waals surface area contributed by atoms with Crippen molar-refractivity contribution in [1.29, 1.82) is 0 Å². The van der Waals surface area contributed by atoms with Crippen molar-refractivity contribution in [3.8, 4) is 0 Å². The predicted octanol–water partition coefficient (Wildman–Crippen LogP) is 2.62. The number of aryl methyl sites for hydroxylation is 1. The van der Waals surface area contributed by atoms with Gasteiger partial charge in [-0.05, 0) is 12.1 Å². The summed E-state index contributed by atoms with van der Waals surface area (Å²) in [4.78, 5) is 5.25. The van der Waals surface area contributed by atoms with Gasteiger partial charge in [-0.2, -0.15) is 5.10 Å². The molecule has 5 heteroatoms. The summed E-state index contributed by atoms with van der Waals surface area (Å²) in [5, 5.41) is 5.64. The summed E-state index contributed by atoms with van der Waals surface area (Å²) in [5.74, 6) is 0. The zero-order valence-electron chi connectivity index (χ0n) is 7.51. The van der Waals surface area contributed by atoms with E-state index in [-0.39, 0.29) is 0 Å². The molecule has 2 aromatic heterocycles. The van der Waals surface area contributed by atoms with Crippen LogP contribution in [0.2, 0.25) is 5.02 Å². The van der Waals surface area contributed by atoms with Crippen LogP contribution < -0.4 is 0 Å². The van der Waals surface area contributed by atoms with Crippen molar-refractivity contribution in [2.45, 2.75) is 9.92 Å². The largest absolute Gasteiger partial charge is 0.275 e. The smallest absolute Gasteiger partial charge is 0.101 e. The molecule has 2 heterocycles. The second-order valence-electron chi connectivity index (χ2n) is 2.77. The third kappa shape index (κ3) is 2.27. The topological polar surface area (TPSA) is 30.7 Å². The third-order valence-electron chi connectivity index (χ3n) is 1.60. The zero-order valence-corrected chi connectivity index (χ0v) is 9.09. The van der Waals surface area contributed by atoms with Crippen molar-refractivity contribution in [3.63, 3.8) is 0 Å². The van der Waals surface area contributed by atoms with Gasteiger partial charge in [0, 0.05) is 19.4 Å². The minimum Gasteiger partial charge on any atom is -0.275 e. The van der Waals surface area contributed by atoms with E-state index in [1.165, 1.54) is 0 Å². The lowest BCUT2D eigenvalue weighted by atomic mass is 10.5. The number of aromatic nitrogens is 3. The Morgan fingerprint density at radius 3 is 2.79 bits per heavy atom. The van der Waals surface area contributed by atoms with E-state index in [9.17, 15) is 0 Å². The van der Waals surface area contributed by atoms with Gasteiger partial charge in [-0.15, -0.1) is 0 Å². The molecule has 0 fully saturated rings. The highest BCUT2D eigenvalue weighted by Crippen LogP contribution is 2.25. The Labute approximate surface area is 91.1 Å². The second-order valence-corrected chi connectivity index (χ2v) is 4.30. The third-order valence-corrected chi connectivity index (χ3v) is 2.72. The Bertz CT molecular complexity index is 424. The van der Waals surface area contributed by atoms with Crippen LogP contribution in [0.25, 0.3) is 0 Å². The molecule has 0 atom stereocenters. The van der Waals surface area contributed by atoms with Crippen LogP contribution in [-0.2, 0) is 7.05 Å². The molecule has 2 aromatic rings. The molecule has 72 valence electrons. The van der Waals surface area contributed by atoms with E-state index in [4.69, 9.17) is 11.6 Å². The summed E-state index contributed by atoms with van der Waals surface area (Å²) in [6.45, 7) is 0. The molecule has 0 spiro atoms. The zero-order chi connectivity index (χ0) is 9.97. The average molecular weight is 226 g/mol. The van der Waals surface area contributed by atoms with Gasteiger partial charge >= 0.3 is 0 Å². The van der Waals surface area contributed by atoms with Crippen LogP contribution in [0.3, 0.4) is 0 Å². The number of halogens is 1. The Hall–Kier alpha value is -1.00. The van der Waals surface area contributed by atoms with Crippen molar-refractivity contribution < 1.29 is 0 Å². The molecule has 0 saturated heterocycles. The van der Waals surface area contributed by atoms with Crippen molar-refractivity contribution in [1.82, 2.24) is 14.8 Å². The number of pyridine rings is 1. The van der Waals surface area contributed by atoms with Crippen LogP contribution in [0.4, 0.5) is 0 Å². The monoisotopic (exact) mass is 225 g/mol. The van der Waals surface area contributed by atoms with E-state index in [0.717, 1.165) is 9.92 Å². The Balaban J connectivity index is 2.15. The summed E-state index contributed by atoms with van der Waals surface area (Å²) in [6, 6.07) is 3.72. The first-order valence-corrected chi connectivity index (χ1v) is 5.21. The van der Waals surface area contributed by atoms with Crippen LogP contribution in [0.5, 0.6) is 0 Å². The maximum absolute atomic E-state index is 5.73. The molecule has 0 amide bonds. The van der Waals surface area contributed by atoms with Crippen LogP contribution in [0.1, 0.15) is 0 Å². The van der Waals surface area contributed by atoms with E-state index in [0.29, 0.717) is 5.02 Å². The fourth-order valence-corrected chi connectivity index (χ4v) is 1.89. The van der Waals surface area contributed by atoms with E-state index in [2.05, 4.69) is 10.1 Å². The minimum atomic E-state index is 0.653. The number of hydrogen-bond donors (Lipinski definition) is 0. The highest BCUT2D eigenvalue weighted by molar-refractivity contribution is 7.99. The second kappa shape index (κ2) is 4.02. The molecule has 0 N–H and O–H groups in total. The highest BCUT2D eigenvalue weighted by Gasteiger charge is 2.00. The molecule has 0 unspecified atom stereocenters. The average Bonchev–Trinajstić information content (AvgIpc) is 2.56. The summed E-state index contributed by atoms with van der Waals surface area (Å²) in [5.41, 5.74) is 0. The predicted molar refractivity (Wildman–Crippen MR) is 56.6 cm³/mol. The van der Waals surface area contributed by atoms with E-state index in [1.54, 1.807) is 28.8 Å². The lowest BCUT2D eigenvalue weighted by molar-refractivity contribution is 0.766. The lowest BCUT2D eigenvalue weighted by Crippen LogP contribution is -1.83. The SMILES string of the molecule is Cn1cc(Sc2ccc(Cl)cn2)cn1. The lowest BCUT2D eigenvalue weighted by Gasteiger charge is -1.96. The minimum absolute atomic E-state index is 0.653. The number of hydrogen-bond acceptors (Lipinski definition) is 3. The first-order valence-electron chi connectivity index (χ1n) is 4.02. The van der Waals surface area contributed by atoms with Crippen LogP contribution in [0.15, 0.2) is 40.6 Å². The van der Waals surface area contributed by atoms with Crippen molar-refractivity contribution in [3.05, 3.63) is 35.7 Å². The molecule has 0 saturated carbocycles. The fourth-order valence-electron chi connectivity index (χ4n) is 0.995. The van der Waals surface area contributed by atoms with Crippen LogP contribution >= 0.6 is 23.4 Å². The number of rotatable bonds is 2. The summed E-state index contributed by atoms with van der Waals surface area (Å²) in [7, 11) is 1.89. The van der Waals surface area contributed by atoms with Gasteiger partial charge in [0.2, 0.25) is 0 Å². The van der Waals surface area contributed by atoms with Gasteiger partial charge in [0.25, 0.3) is 0 Å². The molecule has 0 aromatic carbocycles. The molecule has 0 aliphatic carbocycles. The van der Waals surface area contributed by atoms with E-state index in [1.807, 2.05) is 25.4 Å². The van der Waals surface area contributed by atoms with Crippen LogP contribution in [-0.4, -0.2) is 14.8 Å². The van der Waals surface area contributed by atoms with Gasteiger partial charge in [-0.3, -0.25) is 4.68 Å². The van der Waals surface area contributed by atoms with Gasteiger partial charge in [-0.25, -0.2) is 4.98 Å². The van der Waals surface area contributed by atoms with Gasteiger partial charge < -0.3 is 0 Å². The molecule has 0 aliphatic rings. The van der Waals surface area contributed by atoms with E-state index >= 15 is 0 Å². The quantitative estimate of drug-likeness (QED) is 0.787. The molecule has 2 rings (SSSR count). The van der Waals surface area contributed by atoms with Crippen molar-refractivity contribution >= 4 is 23.4 Å². The van der Waals surface area contributed by atoms with Gasteiger partial charge in [0.1, 0.15) is 5.03 Å². The molecule has 0 aliphatic heterocycles. The summed E-state index contributed by atoms with van der Waals surface area (Å²) < 4.78 is 1.76. The van der Waals surface area contributed by atoms with Gasteiger partial charge in [-0.1, -0.05) is 23.4 Å². The normalized spacial score (nSPS) is 10.4. The molecule has 0 radical (unpaired) electrons.